The first-order valence-electron chi connectivity index (χ1n) is 11.1. The van der Waals surface area contributed by atoms with E-state index in [1.165, 1.54) is 18.4 Å². The molecule has 170 valence electrons. The van der Waals surface area contributed by atoms with Gasteiger partial charge < -0.3 is 10.1 Å². The topological polar surface area (TPSA) is 69.0 Å². The number of fused-ring (bicyclic) bond motifs is 1. The van der Waals surface area contributed by atoms with E-state index in [-0.39, 0.29) is 12.5 Å². The number of hydrogen-bond acceptors (Lipinski definition) is 4. The summed E-state index contributed by atoms with van der Waals surface area (Å²) >= 11 is 5.97. The molecule has 0 saturated carbocycles. The molecule has 1 N–H and O–H groups in total. The quantitative estimate of drug-likeness (QED) is 0.346. The molecule has 1 aromatic heterocycles. The maximum atomic E-state index is 12.5. The number of ether oxygens (including phenoxy) is 1. The average Bonchev–Trinajstić information content (AvgIpc) is 3.20. The molecule has 0 bridgehead atoms. The molecule has 4 aromatic rings. The Hall–Kier alpha value is -3.38. The van der Waals surface area contributed by atoms with E-state index in [1.54, 1.807) is 23.0 Å². The Balaban J connectivity index is 1.46. The zero-order valence-corrected chi connectivity index (χ0v) is 19.8. The second-order valence-corrected chi connectivity index (χ2v) is 8.60. The summed E-state index contributed by atoms with van der Waals surface area (Å²) in [6.07, 6.45) is 3.44. The van der Waals surface area contributed by atoms with Gasteiger partial charge in [0.15, 0.2) is 6.61 Å². The number of carbonyl (C=O) groups excluding carboxylic acids is 1. The largest absolute Gasteiger partial charge is 0.483 e. The van der Waals surface area contributed by atoms with Gasteiger partial charge in [0.2, 0.25) is 0 Å². The number of rotatable bonds is 8. The number of amides is 1. The van der Waals surface area contributed by atoms with Crippen molar-refractivity contribution in [1.82, 2.24) is 15.0 Å². The van der Waals surface area contributed by atoms with Gasteiger partial charge in [-0.15, -0.1) is 10.2 Å². The summed E-state index contributed by atoms with van der Waals surface area (Å²) in [5.41, 5.74) is 6.17. The smallest absolute Gasteiger partial charge is 0.262 e. The highest BCUT2D eigenvalue weighted by atomic mass is 35.5. The van der Waals surface area contributed by atoms with E-state index >= 15 is 0 Å². The van der Waals surface area contributed by atoms with Gasteiger partial charge in [0, 0.05) is 10.7 Å². The number of aryl methyl sites for hydroxylation is 3. The first kappa shape index (κ1) is 22.8. The van der Waals surface area contributed by atoms with Crippen molar-refractivity contribution in [1.29, 1.82) is 0 Å². The summed E-state index contributed by atoms with van der Waals surface area (Å²) in [6, 6.07) is 17.4. The fourth-order valence-corrected chi connectivity index (χ4v) is 3.83. The van der Waals surface area contributed by atoms with Crippen molar-refractivity contribution in [2.45, 2.75) is 40.0 Å². The average molecular weight is 463 g/mol. The lowest BCUT2D eigenvalue weighted by Gasteiger charge is -2.11. The van der Waals surface area contributed by atoms with Crippen LogP contribution in [0, 0.1) is 13.8 Å². The maximum Gasteiger partial charge on any atom is 0.262 e. The molecule has 0 fully saturated rings. The highest BCUT2D eigenvalue weighted by Crippen LogP contribution is 2.24. The Morgan fingerprint density at radius 2 is 1.73 bits per heavy atom. The predicted octanol–water partition coefficient (Wildman–Crippen LogP) is 6.05. The van der Waals surface area contributed by atoms with Crippen LogP contribution in [0.4, 0.5) is 5.69 Å². The number of anilines is 1. The third kappa shape index (κ3) is 5.52. The van der Waals surface area contributed by atoms with Crippen LogP contribution in [-0.2, 0) is 11.2 Å². The first-order chi connectivity index (χ1) is 15.9. The van der Waals surface area contributed by atoms with Crippen LogP contribution in [0.25, 0.3) is 16.7 Å². The van der Waals surface area contributed by atoms with Crippen molar-refractivity contribution in [3.05, 3.63) is 76.3 Å². The molecule has 0 aliphatic rings. The fourth-order valence-electron chi connectivity index (χ4n) is 3.60. The predicted molar refractivity (Wildman–Crippen MR) is 133 cm³/mol. The van der Waals surface area contributed by atoms with E-state index in [1.807, 2.05) is 38.1 Å². The van der Waals surface area contributed by atoms with E-state index < -0.39 is 0 Å². The minimum Gasteiger partial charge on any atom is -0.483 e. The number of halogens is 1. The van der Waals surface area contributed by atoms with Crippen molar-refractivity contribution in [2.24, 2.45) is 0 Å². The molecule has 7 heteroatoms. The minimum atomic E-state index is -0.248. The fraction of sp³-hybridized carbons (Fsp3) is 0.269. The van der Waals surface area contributed by atoms with Crippen molar-refractivity contribution >= 4 is 34.2 Å². The Bertz CT molecular complexity index is 1280. The van der Waals surface area contributed by atoms with Crippen molar-refractivity contribution < 1.29 is 9.53 Å². The molecule has 3 aromatic carbocycles. The maximum absolute atomic E-state index is 12.5. The Morgan fingerprint density at radius 3 is 2.42 bits per heavy atom. The number of hydrogen-bond donors (Lipinski definition) is 1. The molecule has 0 aliphatic heterocycles. The molecular formula is C26H27ClN4O2. The van der Waals surface area contributed by atoms with Crippen LogP contribution in [0.3, 0.4) is 0 Å². The van der Waals surface area contributed by atoms with Gasteiger partial charge in [-0.1, -0.05) is 37.1 Å². The van der Waals surface area contributed by atoms with E-state index in [9.17, 15) is 4.79 Å². The SMILES string of the molecule is CCCCc1ccc(-n2nc3cc(C)c(NC(=O)COc4ccc(Cl)cc4C)cc3n2)cc1. The molecule has 1 heterocycles. The number of benzene rings is 3. The Labute approximate surface area is 198 Å². The van der Waals surface area contributed by atoms with Crippen LogP contribution >= 0.6 is 11.6 Å². The third-order valence-electron chi connectivity index (χ3n) is 5.48. The van der Waals surface area contributed by atoms with Gasteiger partial charge >= 0.3 is 0 Å². The second-order valence-electron chi connectivity index (χ2n) is 8.16. The molecule has 0 atom stereocenters. The molecule has 4 rings (SSSR count). The molecule has 0 radical (unpaired) electrons. The van der Waals surface area contributed by atoms with Crippen LogP contribution in [-0.4, -0.2) is 27.5 Å². The zero-order chi connectivity index (χ0) is 23.4. The molecular weight excluding hydrogens is 436 g/mol. The zero-order valence-electron chi connectivity index (χ0n) is 19.1. The monoisotopic (exact) mass is 462 g/mol. The van der Waals surface area contributed by atoms with Crippen LogP contribution in [0.5, 0.6) is 5.75 Å². The van der Waals surface area contributed by atoms with Crippen LogP contribution in [0.1, 0.15) is 36.5 Å². The molecule has 0 unspecified atom stereocenters. The summed E-state index contributed by atoms with van der Waals surface area (Å²) in [6.45, 7) is 5.91. The molecule has 0 saturated heterocycles. The standard InChI is InChI=1S/C26H27ClN4O2/c1-4-5-6-19-7-10-21(11-8-19)31-29-23-14-17(2)22(15-24(23)30-31)28-26(32)16-33-25-12-9-20(27)13-18(25)3/h7-15H,4-6,16H2,1-3H3,(H,28,32). The van der Waals surface area contributed by atoms with Gasteiger partial charge in [0.25, 0.3) is 5.91 Å². The van der Waals surface area contributed by atoms with Crippen molar-refractivity contribution in [2.75, 3.05) is 11.9 Å². The van der Waals surface area contributed by atoms with E-state index in [2.05, 4.69) is 34.6 Å². The molecule has 0 aliphatic carbocycles. The Morgan fingerprint density at radius 1 is 1.00 bits per heavy atom. The number of aromatic nitrogens is 3. The number of carbonyl (C=O) groups is 1. The summed E-state index contributed by atoms with van der Waals surface area (Å²) < 4.78 is 5.65. The van der Waals surface area contributed by atoms with Gasteiger partial charge in [-0.05, 0) is 85.8 Å². The Kier molecular flexibility index (Phi) is 6.94. The molecule has 1 amide bonds. The highest BCUT2D eigenvalue weighted by Gasteiger charge is 2.12. The van der Waals surface area contributed by atoms with E-state index in [4.69, 9.17) is 16.3 Å². The van der Waals surface area contributed by atoms with Gasteiger partial charge in [-0.25, -0.2) is 0 Å². The van der Waals surface area contributed by atoms with Crippen molar-refractivity contribution in [3.63, 3.8) is 0 Å². The lowest BCUT2D eigenvalue weighted by atomic mass is 10.1. The summed E-state index contributed by atoms with van der Waals surface area (Å²) in [7, 11) is 0. The second kappa shape index (κ2) is 10.0. The molecule has 0 spiro atoms. The van der Waals surface area contributed by atoms with Gasteiger partial charge in [0.1, 0.15) is 16.8 Å². The highest BCUT2D eigenvalue weighted by molar-refractivity contribution is 6.30. The first-order valence-corrected chi connectivity index (χ1v) is 11.5. The number of nitrogens with zero attached hydrogens (tertiary/aromatic N) is 3. The van der Waals surface area contributed by atoms with Crippen LogP contribution in [0.15, 0.2) is 54.6 Å². The van der Waals surface area contributed by atoms with E-state index in [0.717, 1.165) is 28.8 Å². The van der Waals surface area contributed by atoms with E-state index in [0.29, 0.717) is 22.0 Å². The normalized spacial score (nSPS) is 11.0. The summed E-state index contributed by atoms with van der Waals surface area (Å²) in [5.74, 6) is 0.382. The lowest BCUT2D eigenvalue weighted by Crippen LogP contribution is -2.20. The van der Waals surface area contributed by atoms with Gasteiger partial charge in [-0.2, -0.15) is 4.80 Å². The third-order valence-corrected chi connectivity index (χ3v) is 5.72. The minimum absolute atomic E-state index is 0.100. The summed E-state index contributed by atoms with van der Waals surface area (Å²) in [5, 5.41) is 12.8. The molecule has 6 nitrogen and oxygen atoms in total. The van der Waals surface area contributed by atoms with Crippen molar-refractivity contribution in [3.8, 4) is 11.4 Å². The van der Waals surface area contributed by atoms with Gasteiger partial charge in [0.05, 0.1) is 5.69 Å². The van der Waals surface area contributed by atoms with Crippen LogP contribution < -0.4 is 10.1 Å². The number of unbranched alkanes of at least 4 members (excludes halogenated alkanes) is 1. The number of nitrogens with one attached hydrogen (secondary N) is 1. The van der Waals surface area contributed by atoms with Gasteiger partial charge in [-0.3, -0.25) is 4.79 Å². The lowest BCUT2D eigenvalue weighted by molar-refractivity contribution is -0.118. The van der Waals surface area contributed by atoms with Crippen LogP contribution in [0.2, 0.25) is 5.02 Å². The molecule has 33 heavy (non-hydrogen) atoms. The summed E-state index contributed by atoms with van der Waals surface area (Å²) in [4.78, 5) is 14.1.